The van der Waals surface area contributed by atoms with Crippen LogP contribution in [0.15, 0.2) is 42.5 Å². The molecule has 1 N–H and O–H groups in total. The van der Waals surface area contributed by atoms with E-state index in [1.807, 2.05) is 25.1 Å². The molecule has 0 heterocycles. The first kappa shape index (κ1) is 16.5. The highest BCUT2D eigenvalue weighted by atomic mass is 16.6. The number of nitro benzene ring substituents is 1. The number of anilines is 1. The molecule has 0 saturated heterocycles. The lowest BCUT2D eigenvalue weighted by molar-refractivity contribution is -0.385. The summed E-state index contributed by atoms with van der Waals surface area (Å²) in [5.74, 6) is 0.235. The van der Waals surface area contributed by atoms with Gasteiger partial charge in [-0.1, -0.05) is 18.2 Å². The number of amides is 1. The van der Waals surface area contributed by atoms with Crippen molar-refractivity contribution in [3.8, 4) is 5.75 Å². The third-order valence-electron chi connectivity index (χ3n) is 3.43. The van der Waals surface area contributed by atoms with Crippen molar-refractivity contribution < 1.29 is 14.5 Å². The molecule has 0 aliphatic heterocycles. The minimum atomic E-state index is -0.726. The number of rotatable bonds is 5. The van der Waals surface area contributed by atoms with E-state index in [0.29, 0.717) is 17.0 Å². The molecule has 2 aromatic rings. The molecular weight excluding hydrogens is 296 g/mol. The molecule has 0 aromatic heterocycles. The summed E-state index contributed by atoms with van der Waals surface area (Å²) in [7, 11) is 0. The number of nitrogens with zero attached hydrogens (tertiary/aromatic N) is 1. The molecule has 0 spiro atoms. The van der Waals surface area contributed by atoms with Gasteiger partial charge in [0.05, 0.1) is 16.2 Å². The summed E-state index contributed by atoms with van der Waals surface area (Å²) >= 11 is 0. The zero-order valence-corrected chi connectivity index (χ0v) is 13.2. The summed E-state index contributed by atoms with van der Waals surface area (Å²) in [5, 5.41) is 13.6. The van der Waals surface area contributed by atoms with Crippen LogP contribution in [0.5, 0.6) is 5.75 Å². The summed E-state index contributed by atoms with van der Waals surface area (Å²) in [6.07, 6.45) is -0.726. The predicted molar refractivity (Wildman–Crippen MR) is 87.7 cm³/mol. The van der Waals surface area contributed by atoms with Gasteiger partial charge in [0.1, 0.15) is 5.75 Å². The van der Waals surface area contributed by atoms with Crippen LogP contribution in [0.3, 0.4) is 0 Å². The lowest BCUT2D eigenvalue weighted by atomic mass is 10.1. The molecule has 2 aromatic carbocycles. The van der Waals surface area contributed by atoms with Crippen LogP contribution in [-0.4, -0.2) is 16.9 Å². The first-order valence-corrected chi connectivity index (χ1v) is 7.16. The molecule has 2 rings (SSSR count). The molecule has 120 valence electrons. The van der Waals surface area contributed by atoms with E-state index < -0.39 is 11.0 Å². The van der Waals surface area contributed by atoms with Crippen LogP contribution in [-0.2, 0) is 4.79 Å². The van der Waals surface area contributed by atoms with Gasteiger partial charge in [0.25, 0.3) is 11.6 Å². The highest BCUT2D eigenvalue weighted by Crippen LogP contribution is 2.25. The Hall–Kier alpha value is -2.89. The summed E-state index contributed by atoms with van der Waals surface area (Å²) in [6, 6.07) is 12.0. The van der Waals surface area contributed by atoms with E-state index >= 15 is 0 Å². The van der Waals surface area contributed by atoms with E-state index in [-0.39, 0.29) is 11.6 Å². The average Bonchev–Trinajstić information content (AvgIpc) is 2.49. The number of aryl methyl sites for hydroxylation is 1. The van der Waals surface area contributed by atoms with Crippen LogP contribution < -0.4 is 10.1 Å². The lowest BCUT2D eigenvalue weighted by Crippen LogP contribution is -2.30. The van der Waals surface area contributed by atoms with Crippen molar-refractivity contribution in [2.75, 3.05) is 5.32 Å². The number of hydrogen-bond acceptors (Lipinski definition) is 4. The number of ether oxygens (including phenoxy) is 1. The van der Waals surface area contributed by atoms with Crippen molar-refractivity contribution in [2.45, 2.75) is 26.9 Å². The van der Waals surface area contributed by atoms with Gasteiger partial charge < -0.3 is 10.1 Å². The molecule has 1 atom stereocenters. The lowest BCUT2D eigenvalue weighted by Gasteiger charge is -2.16. The normalized spacial score (nSPS) is 11.6. The second-order valence-electron chi connectivity index (χ2n) is 5.27. The Morgan fingerprint density at radius 1 is 1.22 bits per heavy atom. The van der Waals surface area contributed by atoms with Crippen molar-refractivity contribution in [3.05, 3.63) is 63.7 Å². The van der Waals surface area contributed by atoms with Gasteiger partial charge in [-0.3, -0.25) is 14.9 Å². The Kier molecular flexibility index (Phi) is 4.95. The average molecular weight is 314 g/mol. The van der Waals surface area contributed by atoms with Crippen LogP contribution in [0.4, 0.5) is 11.4 Å². The maximum atomic E-state index is 12.2. The monoisotopic (exact) mass is 314 g/mol. The number of carbonyl (C=O) groups excluding carboxylic acids is 1. The minimum Gasteiger partial charge on any atom is -0.481 e. The predicted octanol–water partition coefficient (Wildman–Crippen LogP) is 3.62. The SMILES string of the molecule is Cc1cccc(O[C@@H](C)C(=O)Nc2cccc([N+](=O)[O-])c2C)c1. The number of nitro groups is 1. The zero-order valence-electron chi connectivity index (χ0n) is 13.2. The van der Waals surface area contributed by atoms with E-state index in [9.17, 15) is 14.9 Å². The molecule has 6 nitrogen and oxygen atoms in total. The third kappa shape index (κ3) is 4.06. The first-order chi connectivity index (χ1) is 10.9. The fourth-order valence-corrected chi connectivity index (χ4v) is 2.14. The molecule has 0 bridgehead atoms. The molecule has 1 amide bonds. The van der Waals surface area contributed by atoms with E-state index in [0.717, 1.165) is 5.56 Å². The fourth-order valence-electron chi connectivity index (χ4n) is 2.14. The molecule has 0 fully saturated rings. The molecule has 0 unspecified atom stereocenters. The van der Waals surface area contributed by atoms with Crippen molar-refractivity contribution in [3.63, 3.8) is 0 Å². The zero-order chi connectivity index (χ0) is 17.0. The van der Waals surface area contributed by atoms with Crippen molar-refractivity contribution in [2.24, 2.45) is 0 Å². The molecular formula is C17H18N2O4. The Morgan fingerprint density at radius 3 is 2.57 bits per heavy atom. The maximum Gasteiger partial charge on any atom is 0.274 e. The highest BCUT2D eigenvalue weighted by molar-refractivity contribution is 5.95. The topological polar surface area (TPSA) is 81.5 Å². The second-order valence-corrected chi connectivity index (χ2v) is 5.27. The minimum absolute atomic E-state index is 0.0324. The molecule has 0 radical (unpaired) electrons. The fraction of sp³-hybridized carbons (Fsp3) is 0.235. The van der Waals surface area contributed by atoms with Crippen molar-refractivity contribution >= 4 is 17.3 Å². The number of carbonyl (C=O) groups is 1. The molecule has 0 aliphatic carbocycles. The number of benzene rings is 2. The van der Waals surface area contributed by atoms with Crippen molar-refractivity contribution in [1.82, 2.24) is 0 Å². The van der Waals surface area contributed by atoms with Crippen LogP contribution in [0.2, 0.25) is 0 Å². The summed E-state index contributed by atoms with van der Waals surface area (Å²) in [4.78, 5) is 22.7. The number of nitrogens with one attached hydrogen (secondary N) is 1. The highest BCUT2D eigenvalue weighted by Gasteiger charge is 2.19. The van der Waals surface area contributed by atoms with Crippen LogP contribution >= 0.6 is 0 Å². The Bertz CT molecular complexity index is 743. The van der Waals surface area contributed by atoms with Gasteiger partial charge in [-0.05, 0) is 44.5 Å². The van der Waals surface area contributed by atoms with Crippen LogP contribution in [0.25, 0.3) is 0 Å². The van der Waals surface area contributed by atoms with Gasteiger partial charge in [0, 0.05) is 6.07 Å². The molecule has 0 saturated carbocycles. The van der Waals surface area contributed by atoms with Gasteiger partial charge >= 0.3 is 0 Å². The Morgan fingerprint density at radius 2 is 1.91 bits per heavy atom. The first-order valence-electron chi connectivity index (χ1n) is 7.16. The van der Waals surface area contributed by atoms with Gasteiger partial charge in [0.15, 0.2) is 6.10 Å². The summed E-state index contributed by atoms with van der Waals surface area (Å²) < 4.78 is 5.60. The maximum absolute atomic E-state index is 12.2. The van der Waals surface area contributed by atoms with E-state index in [1.54, 1.807) is 26.0 Å². The smallest absolute Gasteiger partial charge is 0.274 e. The quantitative estimate of drug-likeness (QED) is 0.675. The molecule has 23 heavy (non-hydrogen) atoms. The Labute approximate surface area is 134 Å². The van der Waals surface area contributed by atoms with Gasteiger partial charge in [-0.2, -0.15) is 0 Å². The summed E-state index contributed by atoms with van der Waals surface area (Å²) in [6.45, 7) is 5.16. The molecule has 0 aliphatic rings. The largest absolute Gasteiger partial charge is 0.481 e. The third-order valence-corrected chi connectivity index (χ3v) is 3.43. The van der Waals surface area contributed by atoms with Crippen LogP contribution in [0.1, 0.15) is 18.1 Å². The standard InChI is InChI=1S/C17H18N2O4/c1-11-6-4-7-14(10-11)23-13(3)17(20)18-15-8-5-9-16(12(15)2)19(21)22/h4-10,13H,1-3H3,(H,18,20)/t13-/m0/s1. The Balaban J connectivity index is 2.10. The van der Waals surface area contributed by atoms with E-state index in [4.69, 9.17) is 4.74 Å². The number of hydrogen-bond donors (Lipinski definition) is 1. The van der Waals surface area contributed by atoms with E-state index in [1.165, 1.54) is 12.1 Å². The summed E-state index contributed by atoms with van der Waals surface area (Å²) in [5.41, 5.74) is 1.82. The second kappa shape index (κ2) is 6.91. The van der Waals surface area contributed by atoms with Crippen molar-refractivity contribution in [1.29, 1.82) is 0 Å². The van der Waals surface area contributed by atoms with Crippen LogP contribution in [0, 0.1) is 24.0 Å². The van der Waals surface area contributed by atoms with Gasteiger partial charge in [0.2, 0.25) is 0 Å². The van der Waals surface area contributed by atoms with Gasteiger partial charge in [-0.25, -0.2) is 0 Å². The molecule has 6 heteroatoms. The van der Waals surface area contributed by atoms with Gasteiger partial charge in [-0.15, -0.1) is 0 Å². The van der Waals surface area contributed by atoms with E-state index in [2.05, 4.69) is 5.32 Å².